The third kappa shape index (κ3) is 3.15. The summed E-state index contributed by atoms with van der Waals surface area (Å²) < 4.78 is 5.48. The van der Waals surface area contributed by atoms with Gasteiger partial charge in [-0.3, -0.25) is 4.90 Å². The number of aromatic hydroxyl groups is 2. The lowest BCUT2D eigenvalue weighted by atomic mass is 9.85. The summed E-state index contributed by atoms with van der Waals surface area (Å²) in [7, 11) is 0. The van der Waals surface area contributed by atoms with Gasteiger partial charge in [0.2, 0.25) is 0 Å². The Morgan fingerprint density at radius 1 is 1.14 bits per heavy atom. The van der Waals surface area contributed by atoms with Gasteiger partial charge in [0.1, 0.15) is 0 Å². The lowest BCUT2D eigenvalue weighted by molar-refractivity contribution is 0.0205. The highest BCUT2D eigenvalue weighted by atomic mass is 16.5. The maximum absolute atomic E-state index is 10.3. The number of piperazine rings is 1. The smallest absolute Gasteiger partial charge is 0.162 e. The minimum absolute atomic E-state index is 0.0281. The molecule has 1 atom stereocenters. The van der Waals surface area contributed by atoms with E-state index in [1.165, 1.54) is 6.07 Å². The predicted octanol–water partition coefficient (Wildman–Crippen LogP) is 1.47. The molecule has 2 saturated heterocycles. The maximum Gasteiger partial charge on any atom is 0.162 e. The first kappa shape index (κ1) is 14.6. The molecule has 3 N–H and O–H groups in total. The van der Waals surface area contributed by atoms with Crippen molar-refractivity contribution in [1.82, 2.24) is 10.2 Å². The molecule has 0 radical (unpaired) electrons. The fourth-order valence-corrected chi connectivity index (χ4v) is 3.53. The Hall–Kier alpha value is -1.30. The first-order chi connectivity index (χ1) is 10.3. The summed E-state index contributed by atoms with van der Waals surface area (Å²) in [6.07, 6.45) is 2.01. The van der Waals surface area contributed by atoms with Gasteiger partial charge >= 0.3 is 0 Å². The summed E-state index contributed by atoms with van der Waals surface area (Å²) in [6, 6.07) is 5.46. The largest absolute Gasteiger partial charge is 0.504 e. The van der Waals surface area contributed by atoms with Crippen molar-refractivity contribution in [3.8, 4) is 11.5 Å². The first-order valence-corrected chi connectivity index (χ1v) is 7.80. The van der Waals surface area contributed by atoms with E-state index in [-0.39, 0.29) is 17.5 Å². The SMILES string of the molecule is Oc1cccc([C@@H](C2CCOCC2)N2CCNCC2)c1O. The highest BCUT2D eigenvalue weighted by Gasteiger charge is 2.33. The van der Waals surface area contributed by atoms with Crippen molar-refractivity contribution in [2.24, 2.45) is 5.92 Å². The zero-order valence-electron chi connectivity index (χ0n) is 12.3. The highest BCUT2D eigenvalue weighted by molar-refractivity contribution is 5.46. The number of para-hydroxylation sites is 1. The average Bonchev–Trinajstić information content (AvgIpc) is 2.54. The molecule has 2 aliphatic rings. The van der Waals surface area contributed by atoms with Crippen LogP contribution in [0.2, 0.25) is 0 Å². The highest BCUT2D eigenvalue weighted by Crippen LogP contribution is 2.42. The van der Waals surface area contributed by atoms with Gasteiger partial charge < -0.3 is 20.3 Å². The van der Waals surface area contributed by atoms with Crippen LogP contribution in [0.15, 0.2) is 18.2 Å². The molecule has 5 nitrogen and oxygen atoms in total. The van der Waals surface area contributed by atoms with E-state index in [9.17, 15) is 10.2 Å². The Bertz CT molecular complexity index is 451. The zero-order chi connectivity index (χ0) is 14.7. The molecule has 0 amide bonds. The minimum atomic E-state index is -0.0281. The van der Waals surface area contributed by atoms with E-state index in [1.807, 2.05) is 12.1 Å². The fraction of sp³-hybridized carbons (Fsp3) is 0.625. The van der Waals surface area contributed by atoms with E-state index in [0.29, 0.717) is 5.92 Å². The molecular formula is C16H24N2O3. The number of phenols is 2. The van der Waals surface area contributed by atoms with Crippen molar-refractivity contribution in [2.45, 2.75) is 18.9 Å². The van der Waals surface area contributed by atoms with Crippen LogP contribution in [0.3, 0.4) is 0 Å². The molecule has 0 unspecified atom stereocenters. The van der Waals surface area contributed by atoms with Gasteiger partial charge in [-0.1, -0.05) is 12.1 Å². The van der Waals surface area contributed by atoms with Crippen molar-refractivity contribution < 1.29 is 14.9 Å². The lowest BCUT2D eigenvalue weighted by Crippen LogP contribution is -2.47. The maximum atomic E-state index is 10.3. The van der Waals surface area contributed by atoms with Gasteiger partial charge in [0.15, 0.2) is 11.5 Å². The molecule has 0 aliphatic carbocycles. The second-order valence-corrected chi connectivity index (χ2v) is 5.90. The summed E-state index contributed by atoms with van der Waals surface area (Å²) in [5, 5.41) is 23.5. The molecule has 1 aromatic carbocycles. The Labute approximate surface area is 125 Å². The normalized spacial score (nSPS) is 23.0. The molecule has 5 heteroatoms. The Morgan fingerprint density at radius 3 is 2.57 bits per heavy atom. The summed E-state index contributed by atoms with van der Waals surface area (Å²) in [5.74, 6) is 0.469. The van der Waals surface area contributed by atoms with Crippen LogP contribution in [0, 0.1) is 5.92 Å². The molecule has 0 spiro atoms. The van der Waals surface area contributed by atoms with Crippen LogP contribution >= 0.6 is 0 Å². The minimum Gasteiger partial charge on any atom is -0.504 e. The number of ether oxygens (including phenoxy) is 1. The van der Waals surface area contributed by atoms with Crippen LogP contribution in [0.5, 0.6) is 11.5 Å². The number of phenolic OH excluding ortho intramolecular Hbond substituents is 2. The van der Waals surface area contributed by atoms with E-state index >= 15 is 0 Å². The monoisotopic (exact) mass is 292 g/mol. The average molecular weight is 292 g/mol. The molecule has 0 aromatic heterocycles. The zero-order valence-corrected chi connectivity index (χ0v) is 12.3. The predicted molar refractivity (Wildman–Crippen MR) is 80.5 cm³/mol. The lowest BCUT2D eigenvalue weighted by Gasteiger charge is -2.41. The standard InChI is InChI=1S/C16H24N2O3/c19-14-3-1-2-13(16(14)20)15(12-4-10-21-11-5-12)18-8-6-17-7-9-18/h1-3,12,15,17,19-20H,4-11H2/t15-/m1/s1. The van der Waals surface area contributed by atoms with E-state index in [1.54, 1.807) is 0 Å². The van der Waals surface area contributed by atoms with Gasteiger partial charge in [-0.05, 0) is 24.8 Å². The number of nitrogens with one attached hydrogen (secondary N) is 1. The number of rotatable bonds is 3. The molecule has 3 rings (SSSR count). The second kappa shape index (κ2) is 6.64. The summed E-state index contributed by atoms with van der Waals surface area (Å²) >= 11 is 0. The van der Waals surface area contributed by atoms with Crippen LogP contribution in [-0.4, -0.2) is 54.5 Å². The molecule has 1 aromatic rings. The quantitative estimate of drug-likeness (QED) is 0.736. The molecule has 0 saturated carbocycles. The molecule has 2 fully saturated rings. The molecule has 0 bridgehead atoms. The third-order valence-corrected chi connectivity index (χ3v) is 4.62. The topological polar surface area (TPSA) is 65.0 Å². The number of nitrogens with zero attached hydrogens (tertiary/aromatic N) is 1. The van der Waals surface area contributed by atoms with E-state index < -0.39 is 0 Å². The van der Waals surface area contributed by atoms with E-state index in [0.717, 1.165) is 57.8 Å². The van der Waals surface area contributed by atoms with Crippen molar-refractivity contribution >= 4 is 0 Å². The van der Waals surface area contributed by atoms with Gasteiger partial charge in [0.05, 0.1) is 0 Å². The molecule has 2 aliphatic heterocycles. The summed E-state index contributed by atoms with van der Waals surface area (Å²) in [6.45, 7) is 5.45. The van der Waals surface area contributed by atoms with Gasteiger partial charge in [0.25, 0.3) is 0 Å². The number of hydrogen-bond donors (Lipinski definition) is 3. The van der Waals surface area contributed by atoms with Gasteiger partial charge in [-0.25, -0.2) is 0 Å². The molecule has 2 heterocycles. The second-order valence-electron chi connectivity index (χ2n) is 5.90. The summed E-state index contributed by atoms with van der Waals surface area (Å²) in [5.41, 5.74) is 0.851. The molecule has 116 valence electrons. The Balaban J connectivity index is 1.91. The molecular weight excluding hydrogens is 268 g/mol. The van der Waals surface area contributed by atoms with E-state index in [2.05, 4.69) is 10.2 Å². The fourth-order valence-electron chi connectivity index (χ4n) is 3.53. The van der Waals surface area contributed by atoms with Crippen LogP contribution in [-0.2, 0) is 4.74 Å². The van der Waals surface area contributed by atoms with Crippen molar-refractivity contribution in [2.75, 3.05) is 39.4 Å². The van der Waals surface area contributed by atoms with Crippen LogP contribution in [0.4, 0.5) is 0 Å². The third-order valence-electron chi connectivity index (χ3n) is 4.62. The Morgan fingerprint density at radius 2 is 1.86 bits per heavy atom. The van der Waals surface area contributed by atoms with E-state index in [4.69, 9.17) is 4.74 Å². The molecule has 21 heavy (non-hydrogen) atoms. The summed E-state index contributed by atoms with van der Waals surface area (Å²) in [4.78, 5) is 2.43. The van der Waals surface area contributed by atoms with Crippen molar-refractivity contribution in [1.29, 1.82) is 0 Å². The van der Waals surface area contributed by atoms with Crippen molar-refractivity contribution in [3.63, 3.8) is 0 Å². The number of benzene rings is 1. The van der Waals surface area contributed by atoms with Gasteiger partial charge in [-0.2, -0.15) is 0 Å². The first-order valence-electron chi connectivity index (χ1n) is 7.80. The van der Waals surface area contributed by atoms with Crippen LogP contribution in [0.25, 0.3) is 0 Å². The van der Waals surface area contributed by atoms with Gasteiger partial charge in [-0.15, -0.1) is 0 Å². The van der Waals surface area contributed by atoms with Gasteiger partial charge in [0, 0.05) is 51.0 Å². The van der Waals surface area contributed by atoms with Crippen molar-refractivity contribution in [3.05, 3.63) is 23.8 Å². The Kier molecular flexibility index (Phi) is 4.63. The van der Waals surface area contributed by atoms with Crippen LogP contribution < -0.4 is 5.32 Å². The van der Waals surface area contributed by atoms with Crippen LogP contribution in [0.1, 0.15) is 24.4 Å². The number of hydrogen-bond acceptors (Lipinski definition) is 5.